The third kappa shape index (κ3) is 2.50. The van der Waals surface area contributed by atoms with Crippen molar-refractivity contribution in [3.63, 3.8) is 0 Å². The van der Waals surface area contributed by atoms with Gasteiger partial charge in [0.05, 0.1) is 9.64 Å². The molecule has 0 saturated carbocycles. The quantitative estimate of drug-likeness (QED) is 0.742. The molecule has 0 unspecified atom stereocenters. The van der Waals surface area contributed by atoms with Crippen molar-refractivity contribution in [3.05, 3.63) is 24.3 Å². The van der Waals surface area contributed by atoms with Gasteiger partial charge in [-0.05, 0) is 19.1 Å². The van der Waals surface area contributed by atoms with Crippen LogP contribution in [-0.2, 0) is 9.53 Å². The second-order valence-electron chi connectivity index (χ2n) is 4.07. The van der Waals surface area contributed by atoms with Crippen LogP contribution in [0.2, 0.25) is 0 Å². The van der Waals surface area contributed by atoms with Gasteiger partial charge in [0, 0.05) is 6.92 Å². The lowest BCUT2D eigenvalue weighted by Crippen LogP contribution is -2.37. The van der Waals surface area contributed by atoms with E-state index < -0.39 is 0 Å². The van der Waals surface area contributed by atoms with Crippen molar-refractivity contribution >= 4 is 17.7 Å². The minimum absolute atomic E-state index is 0.194. The molecule has 3 nitrogen and oxygen atoms in total. The largest absolute Gasteiger partial charge is 0.491 e. The third-order valence-electron chi connectivity index (χ3n) is 2.32. The predicted octanol–water partition coefficient (Wildman–Crippen LogP) is 2.49. The van der Waals surface area contributed by atoms with Crippen molar-refractivity contribution < 1.29 is 14.3 Å². The van der Waals surface area contributed by atoms with Gasteiger partial charge in [-0.2, -0.15) is 0 Å². The van der Waals surface area contributed by atoms with E-state index in [1.165, 1.54) is 6.92 Å². The Morgan fingerprint density at radius 1 is 1.56 bits per heavy atom. The fraction of sp³-hybridized carbons (Fsp3) is 0.417. The number of rotatable bonds is 2. The lowest BCUT2D eigenvalue weighted by molar-refractivity contribution is -0.141. The molecular formula is C12H14O3S. The van der Waals surface area contributed by atoms with Crippen molar-refractivity contribution in [2.45, 2.75) is 23.5 Å². The maximum Gasteiger partial charge on any atom is 0.302 e. The second-order valence-corrected chi connectivity index (χ2v) is 5.70. The standard InChI is InChI=1S/C12H14O3S/c1-9(13)14-7-12(2)8-15-10-5-3-4-6-11(10)16-12/h3-6H,7-8H2,1-2H3/t12-/m1/s1. The van der Waals surface area contributed by atoms with Gasteiger partial charge in [0.15, 0.2) is 0 Å². The Hall–Kier alpha value is -1.16. The van der Waals surface area contributed by atoms with Gasteiger partial charge in [-0.3, -0.25) is 4.79 Å². The molecule has 0 N–H and O–H groups in total. The summed E-state index contributed by atoms with van der Waals surface area (Å²) < 4.78 is 10.5. The zero-order valence-corrected chi connectivity index (χ0v) is 10.2. The SMILES string of the molecule is CC(=O)OC[C@]1(C)COc2ccccc2S1. The van der Waals surface area contributed by atoms with Gasteiger partial charge < -0.3 is 9.47 Å². The second kappa shape index (κ2) is 4.37. The summed E-state index contributed by atoms with van der Waals surface area (Å²) in [4.78, 5) is 11.9. The Bertz CT molecular complexity index is 405. The molecule has 0 aliphatic carbocycles. The van der Waals surface area contributed by atoms with Crippen molar-refractivity contribution in [2.75, 3.05) is 13.2 Å². The molecule has 1 heterocycles. The third-order valence-corrected chi connectivity index (χ3v) is 3.60. The lowest BCUT2D eigenvalue weighted by atomic mass is 10.2. The van der Waals surface area contributed by atoms with Crippen LogP contribution in [0.3, 0.4) is 0 Å². The summed E-state index contributed by atoms with van der Waals surface area (Å²) in [7, 11) is 0. The van der Waals surface area contributed by atoms with Gasteiger partial charge in [-0.15, -0.1) is 11.8 Å². The summed E-state index contributed by atoms with van der Waals surface area (Å²) in [6.45, 7) is 4.39. The number of hydrogen-bond donors (Lipinski definition) is 0. The van der Waals surface area contributed by atoms with Crippen molar-refractivity contribution in [2.24, 2.45) is 0 Å². The molecule has 0 spiro atoms. The molecule has 1 aliphatic rings. The van der Waals surface area contributed by atoms with Crippen LogP contribution in [0.15, 0.2) is 29.2 Å². The molecule has 0 bridgehead atoms. The van der Waals surface area contributed by atoms with E-state index in [0.29, 0.717) is 13.2 Å². The van der Waals surface area contributed by atoms with Crippen LogP contribution in [0.1, 0.15) is 13.8 Å². The monoisotopic (exact) mass is 238 g/mol. The Morgan fingerprint density at radius 3 is 3.06 bits per heavy atom. The molecule has 1 aliphatic heterocycles. The van der Waals surface area contributed by atoms with Gasteiger partial charge in [0.1, 0.15) is 19.0 Å². The molecular weight excluding hydrogens is 224 g/mol. The summed E-state index contributed by atoms with van der Waals surface area (Å²) in [5.41, 5.74) is 0. The minimum atomic E-state index is -0.249. The maximum absolute atomic E-state index is 10.8. The van der Waals surface area contributed by atoms with E-state index in [-0.39, 0.29) is 10.7 Å². The Kier molecular flexibility index (Phi) is 3.10. The van der Waals surface area contributed by atoms with Gasteiger partial charge in [-0.25, -0.2) is 0 Å². The highest BCUT2D eigenvalue weighted by molar-refractivity contribution is 8.00. The van der Waals surface area contributed by atoms with E-state index in [1.807, 2.05) is 31.2 Å². The topological polar surface area (TPSA) is 35.5 Å². The Labute approximate surface area is 99.1 Å². The number of ether oxygens (including phenoxy) is 2. The smallest absolute Gasteiger partial charge is 0.302 e. The summed E-state index contributed by atoms with van der Waals surface area (Å²) >= 11 is 1.70. The van der Waals surface area contributed by atoms with Crippen LogP contribution in [-0.4, -0.2) is 23.9 Å². The van der Waals surface area contributed by atoms with Crippen molar-refractivity contribution in [1.82, 2.24) is 0 Å². The van der Waals surface area contributed by atoms with Gasteiger partial charge in [0.25, 0.3) is 0 Å². The number of hydrogen-bond acceptors (Lipinski definition) is 4. The number of benzene rings is 1. The number of para-hydroxylation sites is 1. The van der Waals surface area contributed by atoms with Crippen LogP contribution in [0.25, 0.3) is 0 Å². The van der Waals surface area contributed by atoms with Crippen LogP contribution < -0.4 is 4.74 Å². The van der Waals surface area contributed by atoms with E-state index in [0.717, 1.165) is 10.6 Å². The fourth-order valence-corrected chi connectivity index (χ4v) is 2.65. The summed E-state index contributed by atoms with van der Waals surface area (Å²) in [5, 5.41) is 0. The number of carbonyl (C=O) groups is 1. The Balaban J connectivity index is 2.08. The van der Waals surface area contributed by atoms with Crippen LogP contribution in [0, 0.1) is 0 Å². The molecule has 0 saturated heterocycles. The highest BCUT2D eigenvalue weighted by Gasteiger charge is 2.33. The first-order valence-corrected chi connectivity index (χ1v) is 5.95. The average molecular weight is 238 g/mol. The predicted molar refractivity (Wildman–Crippen MR) is 62.8 cm³/mol. The molecule has 4 heteroatoms. The lowest BCUT2D eigenvalue weighted by Gasteiger charge is -2.33. The molecule has 16 heavy (non-hydrogen) atoms. The van der Waals surface area contributed by atoms with Crippen LogP contribution >= 0.6 is 11.8 Å². The van der Waals surface area contributed by atoms with E-state index in [9.17, 15) is 4.79 Å². The average Bonchev–Trinajstić information content (AvgIpc) is 2.26. The van der Waals surface area contributed by atoms with Crippen molar-refractivity contribution in [1.29, 1.82) is 0 Å². The highest BCUT2D eigenvalue weighted by atomic mass is 32.2. The van der Waals surface area contributed by atoms with E-state index in [2.05, 4.69) is 0 Å². The Morgan fingerprint density at radius 2 is 2.31 bits per heavy atom. The number of thioether (sulfide) groups is 1. The van der Waals surface area contributed by atoms with E-state index in [4.69, 9.17) is 9.47 Å². The number of fused-ring (bicyclic) bond motifs is 1. The fourth-order valence-electron chi connectivity index (χ4n) is 1.50. The zero-order valence-electron chi connectivity index (χ0n) is 9.36. The summed E-state index contributed by atoms with van der Waals surface area (Å²) in [6, 6.07) is 7.90. The summed E-state index contributed by atoms with van der Waals surface area (Å²) in [5.74, 6) is 0.661. The number of esters is 1. The molecule has 2 rings (SSSR count). The number of carbonyl (C=O) groups excluding carboxylic acids is 1. The van der Waals surface area contributed by atoms with E-state index >= 15 is 0 Å². The minimum Gasteiger partial charge on any atom is -0.491 e. The maximum atomic E-state index is 10.8. The molecule has 1 aromatic carbocycles. The van der Waals surface area contributed by atoms with Gasteiger partial charge in [-0.1, -0.05) is 12.1 Å². The molecule has 86 valence electrons. The first-order chi connectivity index (χ1) is 7.59. The highest BCUT2D eigenvalue weighted by Crippen LogP contribution is 2.42. The first-order valence-electron chi connectivity index (χ1n) is 5.13. The molecule has 1 atom stereocenters. The molecule has 0 radical (unpaired) electrons. The molecule has 0 amide bonds. The first kappa shape index (κ1) is 11.3. The van der Waals surface area contributed by atoms with Gasteiger partial charge >= 0.3 is 5.97 Å². The van der Waals surface area contributed by atoms with E-state index in [1.54, 1.807) is 11.8 Å². The zero-order chi connectivity index (χ0) is 11.6. The molecule has 0 fully saturated rings. The molecule has 1 aromatic rings. The van der Waals surface area contributed by atoms with Crippen molar-refractivity contribution in [3.8, 4) is 5.75 Å². The molecule has 0 aromatic heterocycles. The van der Waals surface area contributed by atoms with Gasteiger partial charge in [0.2, 0.25) is 0 Å². The van der Waals surface area contributed by atoms with Crippen LogP contribution in [0.5, 0.6) is 5.75 Å². The van der Waals surface area contributed by atoms with Crippen LogP contribution in [0.4, 0.5) is 0 Å². The summed E-state index contributed by atoms with van der Waals surface area (Å²) in [6.07, 6.45) is 0. The normalized spacial score (nSPS) is 23.1.